The van der Waals surface area contributed by atoms with E-state index in [0.29, 0.717) is 13.0 Å². The lowest BCUT2D eigenvalue weighted by molar-refractivity contribution is -0.157. The summed E-state index contributed by atoms with van der Waals surface area (Å²) in [5, 5.41) is 14.0. The van der Waals surface area contributed by atoms with Crippen LogP contribution < -0.4 is 5.32 Å². The highest BCUT2D eigenvalue weighted by Crippen LogP contribution is 2.28. The van der Waals surface area contributed by atoms with Crippen molar-refractivity contribution >= 4 is 5.91 Å². The van der Waals surface area contributed by atoms with Gasteiger partial charge in [-0.3, -0.25) is 4.79 Å². The first-order valence-corrected chi connectivity index (χ1v) is 9.07. The maximum Gasteiger partial charge on any atom is 0.255 e. The number of aliphatic hydroxyl groups is 1. The van der Waals surface area contributed by atoms with Gasteiger partial charge in [-0.1, -0.05) is 32.1 Å². The van der Waals surface area contributed by atoms with Crippen molar-refractivity contribution in [2.75, 3.05) is 19.6 Å². The Balaban J connectivity index is 1.85. The molecule has 1 saturated heterocycles. The second-order valence-corrected chi connectivity index (χ2v) is 8.32. The van der Waals surface area contributed by atoms with Gasteiger partial charge < -0.3 is 15.3 Å². The molecule has 2 aliphatic rings. The van der Waals surface area contributed by atoms with Gasteiger partial charge in [0.15, 0.2) is 5.60 Å². The minimum atomic E-state index is -1.21. The zero-order valence-corrected chi connectivity index (χ0v) is 14.7. The average Bonchev–Trinajstić information content (AvgIpc) is 2.47. The smallest absolute Gasteiger partial charge is 0.255 e. The predicted molar refractivity (Wildman–Crippen MR) is 89.7 cm³/mol. The number of likely N-dealkylation sites (tertiary alicyclic amines) is 1. The third-order valence-corrected chi connectivity index (χ3v) is 5.15. The molecule has 0 aromatic carbocycles. The topological polar surface area (TPSA) is 52.6 Å². The van der Waals surface area contributed by atoms with E-state index in [0.717, 1.165) is 31.8 Å². The first-order valence-electron chi connectivity index (χ1n) is 9.07. The van der Waals surface area contributed by atoms with Crippen LogP contribution in [0, 0.1) is 5.92 Å². The monoisotopic (exact) mass is 310 g/mol. The summed E-state index contributed by atoms with van der Waals surface area (Å²) in [6.07, 6.45) is 9.28. The van der Waals surface area contributed by atoms with Gasteiger partial charge in [-0.05, 0) is 46.0 Å². The molecule has 0 spiro atoms. The van der Waals surface area contributed by atoms with Crippen LogP contribution in [0.25, 0.3) is 0 Å². The normalized spacial score (nSPS) is 28.2. The van der Waals surface area contributed by atoms with Crippen molar-refractivity contribution in [3.63, 3.8) is 0 Å². The van der Waals surface area contributed by atoms with E-state index < -0.39 is 5.60 Å². The molecule has 2 N–H and O–H groups in total. The molecule has 1 atom stereocenters. The summed E-state index contributed by atoms with van der Waals surface area (Å²) in [4.78, 5) is 14.6. The second-order valence-electron chi connectivity index (χ2n) is 8.32. The lowest BCUT2D eigenvalue weighted by Crippen LogP contribution is -2.60. The van der Waals surface area contributed by atoms with Crippen molar-refractivity contribution in [3.8, 4) is 0 Å². The highest BCUT2D eigenvalue weighted by atomic mass is 16.3. The molecular formula is C18H34N2O2. The fraction of sp³-hybridized carbons (Fsp3) is 0.944. The third kappa shape index (κ3) is 4.95. The van der Waals surface area contributed by atoms with Crippen molar-refractivity contribution in [2.45, 2.75) is 83.3 Å². The molecule has 1 heterocycles. The van der Waals surface area contributed by atoms with Crippen molar-refractivity contribution in [3.05, 3.63) is 0 Å². The third-order valence-electron chi connectivity index (χ3n) is 5.15. The molecule has 1 saturated carbocycles. The van der Waals surface area contributed by atoms with Gasteiger partial charge in [0.1, 0.15) is 0 Å². The first-order chi connectivity index (χ1) is 10.3. The summed E-state index contributed by atoms with van der Waals surface area (Å²) in [5.41, 5.74) is -1.29. The highest BCUT2D eigenvalue weighted by molar-refractivity contribution is 5.86. The summed E-state index contributed by atoms with van der Waals surface area (Å²) in [7, 11) is 0. The molecule has 0 aromatic rings. The Hall–Kier alpha value is -0.610. The lowest BCUT2D eigenvalue weighted by atomic mass is 9.86. The molecule has 22 heavy (non-hydrogen) atoms. The van der Waals surface area contributed by atoms with Gasteiger partial charge in [0.05, 0.1) is 0 Å². The Morgan fingerprint density at radius 2 is 1.91 bits per heavy atom. The summed E-state index contributed by atoms with van der Waals surface area (Å²) >= 11 is 0. The number of nitrogens with zero attached hydrogens (tertiary/aromatic N) is 1. The van der Waals surface area contributed by atoms with Crippen molar-refractivity contribution in [2.24, 2.45) is 5.92 Å². The largest absolute Gasteiger partial charge is 0.379 e. The highest BCUT2D eigenvalue weighted by Gasteiger charge is 2.42. The van der Waals surface area contributed by atoms with E-state index in [2.05, 4.69) is 26.1 Å². The first kappa shape index (κ1) is 17.7. The number of hydrogen-bond acceptors (Lipinski definition) is 3. The molecule has 0 bridgehead atoms. The van der Waals surface area contributed by atoms with Gasteiger partial charge in [0.2, 0.25) is 0 Å². The molecule has 4 nitrogen and oxygen atoms in total. The number of rotatable bonds is 5. The van der Waals surface area contributed by atoms with Crippen LogP contribution in [0.15, 0.2) is 0 Å². The Morgan fingerprint density at radius 1 is 1.23 bits per heavy atom. The lowest BCUT2D eigenvalue weighted by Gasteiger charge is -2.40. The maximum absolute atomic E-state index is 12.7. The van der Waals surface area contributed by atoms with Gasteiger partial charge in [-0.15, -0.1) is 0 Å². The SMILES string of the molecule is CC(C)(C)NC[C@]1(O)CCCN(CCC2CCCCC2)C1=O. The molecular weight excluding hydrogens is 276 g/mol. The Bertz CT molecular complexity index is 372. The van der Waals surface area contributed by atoms with E-state index in [1.165, 1.54) is 32.1 Å². The number of carbonyl (C=O) groups is 1. The molecule has 0 unspecified atom stereocenters. The van der Waals surface area contributed by atoms with Gasteiger partial charge in [-0.2, -0.15) is 0 Å². The summed E-state index contributed by atoms with van der Waals surface area (Å²) in [5.74, 6) is 0.718. The Morgan fingerprint density at radius 3 is 2.55 bits per heavy atom. The number of β-amino-alcohol motifs (C(OH)–C–C–N with tert-alkyl or cyclic N) is 1. The van der Waals surface area contributed by atoms with Crippen LogP contribution in [-0.4, -0.2) is 46.7 Å². The predicted octanol–water partition coefficient (Wildman–Crippen LogP) is 2.70. The van der Waals surface area contributed by atoms with Gasteiger partial charge in [-0.25, -0.2) is 0 Å². The van der Waals surface area contributed by atoms with E-state index in [9.17, 15) is 9.90 Å². The molecule has 4 heteroatoms. The number of hydrogen-bond donors (Lipinski definition) is 2. The van der Waals surface area contributed by atoms with E-state index in [4.69, 9.17) is 0 Å². The van der Waals surface area contributed by atoms with Crippen LogP contribution >= 0.6 is 0 Å². The molecule has 0 radical (unpaired) electrons. The standard InChI is InChI=1S/C18H34N2O2/c1-17(2,3)19-14-18(22)11-7-12-20(16(18)21)13-10-15-8-5-4-6-9-15/h15,19,22H,4-14H2,1-3H3/t18-/m1/s1. The Kier molecular flexibility index (Phi) is 5.89. The fourth-order valence-corrected chi connectivity index (χ4v) is 3.67. The van der Waals surface area contributed by atoms with Crippen LogP contribution in [0.5, 0.6) is 0 Å². The van der Waals surface area contributed by atoms with E-state index in [-0.39, 0.29) is 11.4 Å². The van der Waals surface area contributed by atoms with Crippen molar-refractivity contribution in [1.29, 1.82) is 0 Å². The molecule has 0 aromatic heterocycles. The van der Waals surface area contributed by atoms with Crippen LogP contribution in [0.1, 0.15) is 72.1 Å². The number of amides is 1. The van der Waals surface area contributed by atoms with Gasteiger partial charge in [0, 0.05) is 25.2 Å². The minimum Gasteiger partial charge on any atom is -0.379 e. The Labute approximate surface area is 135 Å². The molecule has 1 aliphatic carbocycles. The van der Waals surface area contributed by atoms with Gasteiger partial charge in [0.25, 0.3) is 5.91 Å². The summed E-state index contributed by atoms with van der Waals surface area (Å²) in [6, 6.07) is 0. The molecule has 1 amide bonds. The number of carbonyl (C=O) groups excluding carboxylic acids is 1. The molecule has 128 valence electrons. The van der Waals surface area contributed by atoms with Crippen LogP contribution in [0.2, 0.25) is 0 Å². The zero-order valence-electron chi connectivity index (χ0n) is 14.7. The fourth-order valence-electron chi connectivity index (χ4n) is 3.67. The maximum atomic E-state index is 12.7. The van der Waals surface area contributed by atoms with E-state index in [1.54, 1.807) is 0 Å². The summed E-state index contributed by atoms with van der Waals surface area (Å²) in [6.45, 7) is 8.17. The molecule has 2 rings (SSSR count). The molecule has 1 aliphatic heterocycles. The zero-order chi connectivity index (χ0) is 16.2. The minimum absolute atomic E-state index is 0.0636. The van der Waals surface area contributed by atoms with Gasteiger partial charge >= 0.3 is 0 Å². The average molecular weight is 310 g/mol. The molecule has 2 fully saturated rings. The van der Waals surface area contributed by atoms with Crippen LogP contribution in [0.3, 0.4) is 0 Å². The van der Waals surface area contributed by atoms with Crippen LogP contribution in [0.4, 0.5) is 0 Å². The number of piperidine rings is 1. The van der Waals surface area contributed by atoms with E-state index in [1.807, 2.05) is 4.90 Å². The quantitative estimate of drug-likeness (QED) is 0.821. The van der Waals surface area contributed by atoms with Crippen molar-refractivity contribution < 1.29 is 9.90 Å². The van der Waals surface area contributed by atoms with E-state index >= 15 is 0 Å². The van der Waals surface area contributed by atoms with Crippen LogP contribution in [-0.2, 0) is 4.79 Å². The second kappa shape index (κ2) is 7.31. The summed E-state index contributed by atoms with van der Waals surface area (Å²) < 4.78 is 0. The number of nitrogens with one attached hydrogen (secondary N) is 1. The van der Waals surface area contributed by atoms with Crippen molar-refractivity contribution in [1.82, 2.24) is 10.2 Å².